The Morgan fingerprint density at radius 1 is 0.773 bits per heavy atom. The van der Waals surface area contributed by atoms with Crippen molar-refractivity contribution >= 4 is 16.5 Å². The highest BCUT2D eigenvalue weighted by Gasteiger charge is 2.27. The van der Waals surface area contributed by atoms with Gasteiger partial charge in [0.2, 0.25) is 0 Å². The first-order valence-electron chi connectivity index (χ1n) is 8.61. The van der Waals surface area contributed by atoms with E-state index in [1.165, 1.54) is 61.8 Å². The van der Waals surface area contributed by atoms with Gasteiger partial charge in [-0.25, -0.2) is 0 Å². The van der Waals surface area contributed by atoms with Crippen molar-refractivity contribution in [1.82, 2.24) is 4.48 Å². The van der Waals surface area contributed by atoms with Crippen LogP contribution in [0.3, 0.4) is 0 Å². The van der Waals surface area contributed by atoms with Gasteiger partial charge in [0.1, 0.15) is 5.69 Å². The highest BCUT2D eigenvalue weighted by atomic mass is 16.0. The molecule has 0 aliphatic heterocycles. The lowest BCUT2D eigenvalue weighted by Crippen LogP contribution is -2.49. The molecule has 22 heavy (non-hydrogen) atoms. The second-order valence-electron chi connectivity index (χ2n) is 6.06. The molecule has 2 nitrogen and oxygen atoms in total. The Kier molecular flexibility index (Phi) is 7.57. The molecular formula is C20H31NO. The number of unbranched alkanes of at least 4 members (excludes halogenated alkanes) is 3. The molecular weight excluding hydrogens is 270 g/mol. The Labute approximate surface area is 135 Å². The number of quaternary nitrogens is 1. The molecule has 0 unspecified atom stereocenters. The summed E-state index contributed by atoms with van der Waals surface area (Å²) in [5, 5.41) is 2.80. The number of fused-ring (bicyclic) bond motifs is 1. The monoisotopic (exact) mass is 301 g/mol. The van der Waals surface area contributed by atoms with Crippen LogP contribution >= 0.6 is 0 Å². The molecule has 2 heteroatoms. The second kappa shape index (κ2) is 8.92. The summed E-state index contributed by atoms with van der Waals surface area (Å²) in [6.45, 7) is 10.6. The molecule has 0 saturated carbocycles. The molecule has 0 amide bonds. The molecule has 2 aromatic rings. The first-order valence-corrected chi connectivity index (χ1v) is 8.61. The first-order chi connectivity index (χ1) is 10.3. The second-order valence-corrected chi connectivity index (χ2v) is 6.06. The normalized spacial score (nSPS) is 11.4. The molecule has 2 rings (SSSR count). The fourth-order valence-corrected chi connectivity index (χ4v) is 3.46. The SMILES string of the molecule is CCCCCC[N+](CC)(CC)c1cccc2ccccc12.[OH-]. The quantitative estimate of drug-likeness (QED) is 0.461. The Hall–Kier alpha value is -1.38. The van der Waals surface area contributed by atoms with Gasteiger partial charge in [0.25, 0.3) is 0 Å². The summed E-state index contributed by atoms with van der Waals surface area (Å²) in [7, 11) is 0. The van der Waals surface area contributed by atoms with Gasteiger partial charge in [-0.1, -0.05) is 50.1 Å². The van der Waals surface area contributed by atoms with Crippen molar-refractivity contribution in [3.05, 3.63) is 42.5 Å². The maximum Gasteiger partial charge on any atom is 0.140 e. The largest absolute Gasteiger partial charge is 0.870 e. The highest BCUT2D eigenvalue weighted by molar-refractivity contribution is 5.93. The average Bonchev–Trinajstić information content (AvgIpc) is 2.55. The summed E-state index contributed by atoms with van der Waals surface area (Å²) in [5.41, 5.74) is 1.51. The Balaban J connectivity index is 0.00000242. The lowest BCUT2D eigenvalue weighted by Gasteiger charge is -2.37. The number of hydrogen-bond donors (Lipinski definition) is 0. The van der Waals surface area contributed by atoms with Gasteiger partial charge >= 0.3 is 0 Å². The van der Waals surface area contributed by atoms with Crippen molar-refractivity contribution in [2.45, 2.75) is 46.5 Å². The molecule has 0 aliphatic rings. The van der Waals surface area contributed by atoms with Crippen LogP contribution in [0.25, 0.3) is 10.8 Å². The molecule has 1 N–H and O–H groups in total. The van der Waals surface area contributed by atoms with Crippen LogP contribution in [0.2, 0.25) is 0 Å². The van der Waals surface area contributed by atoms with Crippen molar-refractivity contribution in [2.75, 3.05) is 19.6 Å². The van der Waals surface area contributed by atoms with Crippen molar-refractivity contribution in [1.29, 1.82) is 0 Å². The molecule has 122 valence electrons. The number of nitrogens with zero attached hydrogens (tertiary/aromatic N) is 1. The van der Waals surface area contributed by atoms with Crippen LogP contribution in [-0.4, -0.2) is 25.1 Å². The van der Waals surface area contributed by atoms with Gasteiger partial charge in [-0.3, -0.25) is 4.48 Å². The van der Waals surface area contributed by atoms with E-state index in [4.69, 9.17) is 0 Å². The molecule has 0 bridgehead atoms. The minimum Gasteiger partial charge on any atom is -0.870 e. The van der Waals surface area contributed by atoms with E-state index in [1.54, 1.807) is 0 Å². The molecule has 0 fully saturated rings. The summed E-state index contributed by atoms with van der Waals surface area (Å²) in [4.78, 5) is 0. The molecule has 0 radical (unpaired) electrons. The summed E-state index contributed by atoms with van der Waals surface area (Å²) in [6.07, 6.45) is 5.37. The van der Waals surface area contributed by atoms with Crippen LogP contribution in [-0.2, 0) is 0 Å². The summed E-state index contributed by atoms with van der Waals surface area (Å²) >= 11 is 0. The van der Waals surface area contributed by atoms with E-state index in [2.05, 4.69) is 63.2 Å². The van der Waals surface area contributed by atoms with Gasteiger partial charge in [-0.2, -0.15) is 0 Å². The third kappa shape index (κ3) is 3.88. The fraction of sp³-hybridized carbons (Fsp3) is 0.500. The summed E-state index contributed by atoms with van der Waals surface area (Å²) < 4.78 is 1.12. The van der Waals surface area contributed by atoms with Gasteiger partial charge < -0.3 is 5.48 Å². The van der Waals surface area contributed by atoms with Gasteiger partial charge in [0, 0.05) is 5.39 Å². The predicted molar refractivity (Wildman–Crippen MR) is 97.8 cm³/mol. The molecule has 2 aromatic carbocycles. The maximum absolute atomic E-state index is 2.34. The van der Waals surface area contributed by atoms with Crippen LogP contribution in [0, 0.1) is 0 Å². The lowest BCUT2D eigenvalue weighted by molar-refractivity contribution is 0.294. The van der Waals surface area contributed by atoms with Crippen molar-refractivity contribution in [2.24, 2.45) is 0 Å². The zero-order valence-corrected chi connectivity index (χ0v) is 14.4. The van der Waals surface area contributed by atoms with Gasteiger partial charge in [-0.05, 0) is 44.2 Å². The van der Waals surface area contributed by atoms with E-state index in [0.717, 1.165) is 4.48 Å². The minimum absolute atomic E-state index is 0. The van der Waals surface area contributed by atoms with Gasteiger partial charge in [0.05, 0.1) is 19.6 Å². The van der Waals surface area contributed by atoms with Gasteiger partial charge in [-0.15, -0.1) is 0 Å². The number of hydrogen-bond acceptors (Lipinski definition) is 1. The molecule has 0 aliphatic carbocycles. The van der Waals surface area contributed by atoms with Crippen molar-refractivity contribution < 1.29 is 5.48 Å². The third-order valence-corrected chi connectivity index (χ3v) is 4.93. The molecule has 0 atom stereocenters. The van der Waals surface area contributed by atoms with E-state index in [1.807, 2.05) is 0 Å². The molecule has 0 aromatic heterocycles. The van der Waals surface area contributed by atoms with Crippen molar-refractivity contribution in [3.8, 4) is 0 Å². The van der Waals surface area contributed by atoms with E-state index < -0.39 is 0 Å². The fourth-order valence-electron chi connectivity index (χ4n) is 3.46. The number of benzene rings is 2. The lowest BCUT2D eigenvalue weighted by atomic mass is 10.0. The van der Waals surface area contributed by atoms with Crippen LogP contribution in [0.5, 0.6) is 0 Å². The van der Waals surface area contributed by atoms with Gasteiger partial charge in [0.15, 0.2) is 0 Å². The molecule has 0 spiro atoms. The Bertz CT molecular complexity index is 555. The maximum atomic E-state index is 2.34. The van der Waals surface area contributed by atoms with E-state index >= 15 is 0 Å². The topological polar surface area (TPSA) is 30.0 Å². The van der Waals surface area contributed by atoms with E-state index in [-0.39, 0.29) is 5.48 Å². The van der Waals surface area contributed by atoms with Crippen LogP contribution in [0.15, 0.2) is 42.5 Å². The van der Waals surface area contributed by atoms with Crippen LogP contribution in [0.1, 0.15) is 46.5 Å². The standard InChI is InChI=1S/C20H30N.H2O/c1-4-7-8-11-17-21(5-2,6-3)20-16-12-14-18-13-9-10-15-19(18)20;/h9-10,12-16H,4-8,11,17H2,1-3H3;1H2/q+1;/p-1. The van der Waals surface area contributed by atoms with Crippen molar-refractivity contribution in [3.63, 3.8) is 0 Å². The molecule has 0 heterocycles. The third-order valence-electron chi connectivity index (χ3n) is 4.93. The highest BCUT2D eigenvalue weighted by Crippen LogP contribution is 2.32. The van der Waals surface area contributed by atoms with Crippen LogP contribution < -0.4 is 4.48 Å². The Morgan fingerprint density at radius 3 is 2.14 bits per heavy atom. The first kappa shape index (κ1) is 18.7. The van der Waals surface area contributed by atoms with Crippen LogP contribution in [0.4, 0.5) is 5.69 Å². The summed E-state index contributed by atoms with van der Waals surface area (Å²) in [6, 6.07) is 15.6. The minimum atomic E-state index is 0. The van der Waals surface area contributed by atoms with E-state index in [9.17, 15) is 0 Å². The predicted octanol–water partition coefficient (Wildman–Crippen LogP) is 5.59. The Morgan fingerprint density at radius 2 is 1.45 bits per heavy atom. The zero-order chi connectivity index (χ0) is 15.1. The average molecular weight is 301 g/mol. The number of rotatable bonds is 8. The molecule has 0 saturated heterocycles. The zero-order valence-electron chi connectivity index (χ0n) is 14.4. The smallest absolute Gasteiger partial charge is 0.140 e. The van der Waals surface area contributed by atoms with E-state index in [0.29, 0.717) is 0 Å². The summed E-state index contributed by atoms with van der Waals surface area (Å²) in [5.74, 6) is 0.